The third kappa shape index (κ3) is 3.50. The van der Waals surface area contributed by atoms with Crippen LogP contribution in [0.15, 0.2) is 54.7 Å². The van der Waals surface area contributed by atoms with Gasteiger partial charge in [-0.2, -0.15) is 0 Å². The Morgan fingerprint density at radius 3 is 2.62 bits per heavy atom. The highest BCUT2D eigenvalue weighted by Gasteiger charge is 2.18. The predicted molar refractivity (Wildman–Crippen MR) is 113 cm³/mol. The number of para-hydroxylation sites is 1. The Hall–Kier alpha value is -3.87. The van der Waals surface area contributed by atoms with E-state index >= 15 is 0 Å². The van der Waals surface area contributed by atoms with Crippen molar-refractivity contribution in [3.05, 3.63) is 65.9 Å². The second kappa shape index (κ2) is 7.63. The summed E-state index contributed by atoms with van der Waals surface area (Å²) in [7, 11) is 1.62. The van der Waals surface area contributed by atoms with Crippen molar-refractivity contribution in [2.45, 2.75) is 13.3 Å². The fourth-order valence-corrected chi connectivity index (χ4v) is 3.24. The minimum absolute atomic E-state index is 0.299. The summed E-state index contributed by atoms with van der Waals surface area (Å²) in [6, 6.07) is 15.5. The first kappa shape index (κ1) is 18.5. The maximum absolute atomic E-state index is 12.1. The summed E-state index contributed by atoms with van der Waals surface area (Å²) in [4.78, 5) is 24.2. The van der Waals surface area contributed by atoms with Gasteiger partial charge in [0.2, 0.25) is 0 Å². The number of methoxy groups -OCH3 is 1. The van der Waals surface area contributed by atoms with Crippen LogP contribution in [0.5, 0.6) is 5.75 Å². The molecular weight excluding hydrogens is 366 g/mol. The number of anilines is 2. The Labute approximate surface area is 168 Å². The number of imidazole rings is 1. The first-order valence-electron chi connectivity index (χ1n) is 9.28. The molecule has 0 atom stereocenters. The number of aromatic nitrogens is 3. The van der Waals surface area contributed by atoms with E-state index in [1.165, 1.54) is 6.20 Å². The zero-order chi connectivity index (χ0) is 20.4. The molecule has 0 aliphatic heterocycles. The number of rotatable bonds is 6. The van der Waals surface area contributed by atoms with Crippen LogP contribution in [0.2, 0.25) is 0 Å². The number of fused-ring (bicyclic) bond motifs is 1. The van der Waals surface area contributed by atoms with Crippen molar-refractivity contribution >= 4 is 28.4 Å². The quantitative estimate of drug-likeness (QED) is 0.463. The molecule has 7 heteroatoms. The lowest BCUT2D eigenvalue weighted by molar-refractivity contribution is 0.100. The van der Waals surface area contributed by atoms with E-state index in [9.17, 15) is 4.79 Å². The van der Waals surface area contributed by atoms with Crippen molar-refractivity contribution in [1.82, 2.24) is 15.0 Å². The molecule has 4 N–H and O–H groups in total. The summed E-state index contributed by atoms with van der Waals surface area (Å²) < 4.78 is 5.21. The summed E-state index contributed by atoms with van der Waals surface area (Å²) in [6.07, 6.45) is 2.31. The van der Waals surface area contributed by atoms with Crippen molar-refractivity contribution in [1.29, 1.82) is 0 Å². The molecule has 0 radical (unpaired) electrons. The number of nitrogens with one attached hydrogen (secondary N) is 2. The second-order valence-electron chi connectivity index (χ2n) is 6.56. The SMILES string of the molecule is CCc1ccccc1Nc1c(C(N)=O)cnc2nc(-c3ccc(OC)cc3)[nH]c12. The van der Waals surface area contributed by atoms with E-state index < -0.39 is 5.91 Å². The number of amides is 1. The monoisotopic (exact) mass is 387 g/mol. The van der Waals surface area contributed by atoms with Crippen molar-refractivity contribution in [2.75, 3.05) is 12.4 Å². The molecule has 7 nitrogen and oxygen atoms in total. The number of hydrogen-bond acceptors (Lipinski definition) is 5. The zero-order valence-corrected chi connectivity index (χ0v) is 16.2. The number of carbonyl (C=O) groups excluding carboxylic acids is 1. The average Bonchev–Trinajstić information content (AvgIpc) is 3.19. The number of primary amides is 1. The molecule has 146 valence electrons. The molecule has 0 saturated carbocycles. The Kier molecular flexibility index (Phi) is 4.87. The highest BCUT2D eigenvalue weighted by Crippen LogP contribution is 2.31. The van der Waals surface area contributed by atoms with Gasteiger partial charge in [-0.3, -0.25) is 4.79 Å². The average molecular weight is 387 g/mol. The molecule has 4 rings (SSSR count). The standard InChI is InChI=1S/C22H21N5O2/c1-3-13-6-4-5-7-17(13)25-18-16(20(23)28)12-24-22-19(18)26-21(27-22)14-8-10-15(29-2)11-9-14/h4-12H,3H2,1-2H3,(H2,23,28)(H2,24,25,26,27). The van der Waals surface area contributed by atoms with Gasteiger partial charge in [0.05, 0.1) is 18.4 Å². The van der Waals surface area contributed by atoms with Gasteiger partial charge in [-0.1, -0.05) is 25.1 Å². The van der Waals surface area contributed by atoms with Gasteiger partial charge < -0.3 is 20.8 Å². The molecule has 1 amide bonds. The highest BCUT2D eigenvalue weighted by molar-refractivity contribution is 6.06. The normalized spacial score (nSPS) is 10.8. The molecule has 2 aromatic carbocycles. The molecular formula is C22H21N5O2. The molecule has 0 bridgehead atoms. The highest BCUT2D eigenvalue weighted by atomic mass is 16.5. The van der Waals surface area contributed by atoms with Crippen LogP contribution in [0, 0.1) is 0 Å². The number of nitrogens with two attached hydrogens (primary N) is 1. The summed E-state index contributed by atoms with van der Waals surface area (Å²) in [5, 5.41) is 3.37. The summed E-state index contributed by atoms with van der Waals surface area (Å²) in [5.41, 5.74) is 10.5. The summed E-state index contributed by atoms with van der Waals surface area (Å²) >= 11 is 0. The molecule has 2 heterocycles. The Morgan fingerprint density at radius 1 is 1.17 bits per heavy atom. The molecule has 2 aromatic heterocycles. The number of hydrogen-bond donors (Lipinski definition) is 3. The van der Waals surface area contributed by atoms with Crippen LogP contribution in [0.4, 0.5) is 11.4 Å². The minimum Gasteiger partial charge on any atom is -0.497 e. The van der Waals surface area contributed by atoms with E-state index in [2.05, 4.69) is 27.2 Å². The van der Waals surface area contributed by atoms with Gasteiger partial charge in [-0.25, -0.2) is 9.97 Å². The van der Waals surface area contributed by atoms with E-state index in [1.54, 1.807) is 7.11 Å². The maximum Gasteiger partial charge on any atom is 0.252 e. The van der Waals surface area contributed by atoms with Gasteiger partial charge in [0.1, 0.15) is 17.1 Å². The number of benzene rings is 2. The van der Waals surface area contributed by atoms with E-state index in [-0.39, 0.29) is 0 Å². The largest absolute Gasteiger partial charge is 0.497 e. The van der Waals surface area contributed by atoms with Gasteiger partial charge in [-0.05, 0) is 42.3 Å². The first-order chi connectivity index (χ1) is 14.1. The third-order valence-corrected chi connectivity index (χ3v) is 4.81. The van der Waals surface area contributed by atoms with E-state index in [0.29, 0.717) is 28.2 Å². The van der Waals surface area contributed by atoms with Gasteiger partial charge in [0.25, 0.3) is 5.91 Å². The number of nitrogens with zero attached hydrogens (tertiary/aromatic N) is 2. The molecule has 29 heavy (non-hydrogen) atoms. The van der Waals surface area contributed by atoms with E-state index in [0.717, 1.165) is 29.0 Å². The third-order valence-electron chi connectivity index (χ3n) is 4.81. The van der Waals surface area contributed by atoms with Crippen molar-refractivity contribution in [2.24, 2.45) is 5.73 Å². The molecule has 0 saturated heterocycles. The van der Waals surface area contributed by atoms with Gasteiger partial charge in [-0.15, -0.1) is 0 Å². The Morgan fingerprint density at radius 2 is 1.93 bits per heavy atom. The van der Waals surface area contributed by atoms with Crippen LogP contribution < -0.4 is 15.8 Å². The van der Waals surface area contributed by atoms with Crippen LogP contribution in [0.3, 0.4) is 0 Å². The molecule has 0 aliphatic rings. The van der Waals surface area contributed by atoms with Gasteiger partial charge >= 0.3 is 0 Å². The van der Waals surface area contributed by atoms with Crippen LogP contribution >= 0.6 is 0 Å². The molecule has 0 spiro atoms. The van der Waals surface area contributed by atoms with Crippen LogP contribution in [-0.4, -0.2) is 28.0 Å². The minimum atomic E-state index is -0.559. The number of carbonyl (C=O) groups is 1. The first-order valence-corrected chi connectivity index (χ1v) is 9.28. The molecule has 4 aromatic rings. The second-order valence-corrected chi connectivity index (χ2v) is 6.56. The lowest BCUT2D eigenvalue weighted by Crippen LogP contribution is -2.14. The Bertz CT molecular complexity index is 1180. The number of H-pyrrole nitrogens is 1. The number of ether oxygens (including phenoxy) is 1. The smallest absolute Gasteiger partial charge is 0.252 e. The maximum atomic E-state index is 12.1. The van der Waals surface area contributed by atoms with Crippen molar-refractivity contribution in [3.63, 3.8) is 0 Å². The van der Waals surface area contributed by atoms with Gasteiger partial charge in [0, 0.05) is 17.4 Å². The molecule has 0 aliphatic carbocycles. The zero-order valence-electron chi connectivity index (χ0n) is 16.2. The van der Waals surface area contributed by atoms with Gasteiger partial charge in [0.15, 0.2) is 5.65 Å². The fraction of sp³-hybridized carbons (Fsp3) is 0.136. The predicted octanol–water partition coefficient (Wildman–Crippen LogP) is 4.04. The number of aromatic amines is 1. The Balaban J connectivity index is 1.85. The number of aryl methyl sites for hydroxylation is 1. The summed E-state index contributed by atoms with van der Waals surface area (Å²) in [6.45, 7) is 2.08. The van der Waals surface area contributed by atoms with Crippen LogP contribution in [0.25, 0.3) is 22.6 Å². The van der Waals surface area contributed by atoms with Crippen LogP contribution in [-0.2, 0) is 6.42 Å². The molecule has 0 unspecified atom stereocenters. The lowest BCUT2D eigenvalue weighted by Gasteiger charge is -2.13. The lowest BCUT2D eigenvalue weighted by atomic mass is 10.1. The van der Waals surface area contributed by atoms with Crippen LogP contribution in [0.1, 0.15) is 22.8 Å². The number of pyridine rings is 1. The fourth-order valence-electron chi connectivity index (χ4n) is 3.24. The van der Waals surface area contributed by atoms with Crippen molar-refractivity contribution < 1.29 is 9.53 Å². The van der Waals surface area contributed by atoms with Crippen molar-refractivity contribution in [3.8, 4) is 17.1 Å². The molecule has 0 fully saturated rings. The topological polar surface area (TPSA) is 106 Å². The van der Waals surface area contributed by atoms with E-state index in [4.69, 9.17) is 10.5 Å². The summed E-state index contributed by atoms with van der Waals surface area (Å²) in [5.74, 6) is 0.845. The van der Waals surface area contributed by atoms with E-state index in [1.807, 2.05) is 48.5 Å².